The van der Waals surface area contributed by atoms with Gasteiger partial charge in [0, 0.05) is 32.0 Å². The number of carbonyl (C=O) groups is 1. The third-order valence-electron chi connectivity index (χ3n) is 3.96. The Morgan fingerprint density at radius 3 is 3.08 bits per heavy atom. The summed E-state index contributed by atoms with van der Waals surface area (Å²) in [4.78, 5) is 22.4. The molecule has 1 aliphatic heterocycles. The summed E-state index contributed by atoms with van der Waals surface area (Å²) in [6, 6.07) is -0.113. The van der Waals surface area contributed by atoms with Crippen LogP contribution in [0.4, 0.5) is 4.79 Å². The second-order valence-corrected chi connectivity index (χ2v) is 5.81. The number of rotatable bonds is 5. The van der Waals surface area contributed by atoms with Crippen LogP contribution in [-0.4, -0.2) is 61.0 Å². The number of piperidine rings is 1. The smallest absolute Gasteiger partial charge is 0.317 e. The molecule has 0 saturated carbocycles. The number of H-pyrrole nitrogens is 1. The Hall–Kier alpha value is -2.49. The van der Waals surface area contributed by atoms with Crippen molar-refractivity contribution >= 4 is 6.03 Å². The number of hydrogen-bond acceptors (Lipinski definition) is 7. The minimum absolute atomic E-state index is 0.113. The van der Waals surface area contributed by atoms with Gasteiger partial charge in [-0.05, 0) is 19.8 Å². The molecule has 10 nitrogen and oxygen atoms in total. The molecule has 130 valence electrons. The molecule has 2 aromatic rings. The summed E-state index contributed by atoms with van der Waals surface area (Å²) < 4.78 is 4.80. The van der Waals surface area contributed by atoms with Crippen LogP contribution in [0.5, 0.6) is 0 Å². The van der Waals surface area contributed by atoms with Crippen LogP contribution in [0.1, 0.15) is 42.1 Å². The molecule has 0 unspecified atom stereocenters. The lowest BCUT2D eigenvalue weighted by atomic mass is 9.98. The molecule has 0 spiro atoms. The first kappa shape index (κ1) is 16.4. The molecule has 24 heavy (non-hydrogen) atoms. The summed E-state index contributed by atoms with van der Waals surface area (Å²) in [5.41, 5.74) is 0. The summed E-state index contributed by atoms with van der Waals surface area (Å²) in [6.45, 7) is 3.33. The molecule has 1 aliphatic rings. The van der Waals surface area contributed by atoms with E-state index in [0.717, 1.165) is 31.0 Å². The van der Waals surface area contributed by atoms with Gasteiger partial charge >= 0.3 is 6.03 Å². The van der Waals surface area contributed by atoms with Gasteiger partial charge in [-0.15, -0.1) is 0 Å². The highest BCUT2D eigenvalue weighted by Gasteiger charge is 2.27. The Labute approximate surface area is 138 Å². The van der Waals surface area contributed by atoms with Crippen molar-refractivity contribution in [3.8, 4) is 0 Å². The Bertz CT molecular complexity index is 683. The quantitative estimate of drug-likeness (QED) is 0.706. The molecule has 0 aromatic carbocycles. The Balaban J connectivity index is 1.47. The fourth-order valence-electron chi connectivity index (χ4n) is 2.76. The van der Waals surface area contributed by atoms with Gasteiger partial charge in [0.25, 0.3) is 5.89 Å². The van der Waals surface area contributed by atoms with Gasteiger partial charge in [0.2, 0.25) is 0 Å². The summed E-state index contributed by atoms with van der Waals surface area (Å²) in [6.07, 6.45) is 2.36. The molecule has 0 aliphatic carbocycles. The van der Waals surface area contributed by atoms with Gasteiger partial charge in [0.15, 0.2) is 11.6 Å². The molecule has 1 fully saturated rings. The second kappa shape index (κ2) is 7.39. The number of aliphatic hydroxyl groups excluding tert-OH is 1. The van der Waals surface area contributed by atoms with Crippen molar-refractivity contribution < 1.29 is 14.4 Å². The number of nitrogens with one attached hydrogen (secondary N) is 2. The Morgan fingerprint density at radius 1 is 1.50 bits per heavy atom. The van der Waals surface area contributed by atoms with Gasteiger partial charge in [-0.1, -0.05) is 5.16 Å². The van der Waals surface area contributed by atoms with Gasteiger partial charge in [-0.3, -0.25) is 5.10 Å². The molecule has 10 heteroatoms. The largest absolute Gasteiger partial charge is 0.387 e. The van der Waals surface area contributed by atoms with E-state index < -0.39 is 0 Å². The monoisotopic (exact) mass is 335 g/mol. The van der Waals surface area contributed by atoms with Crippen LogP contribution >= 0.6 is 0 Å². The number of likely N-dealkylation sites (tertiary alicyclic amines) is 1. The predicted molar refractivity (Wildman–Crippen MR) is 82.0 cm³/mol. The van der Waals surface area contributed by atoms with Crippen molar-refractivity contribution in [1.29, 1.82) is 0 Å². The molecular weight excluding hydrogens is 314 g/mol. The summed E-state index contributed by atoms with van der Waals surface area (Å²) >= 11 is 0. The van der Waals surface area contributed by atoms with Crippen molar-refractivity contribution in [3.05, 3.63) is 23.4 Å². The van der Waals surface area contributed by atoms with Gasteiger partial charge in [-0.2, -0.15) is 10.1 Å². The van der Waals surface area contributed by atoms with Crippen molar-refractivity contribution in [2.75, 3.05) is 19.6 Å². The fourth-order valence-corrected chi connectivity index (χ4v) is 2.76. The first-order valence-corrected chi connectivity index (χ1v) is 7.99. The lowest BCUT2D eigenvalue weighted by Crippen LogP contribution is -2.45. The summed E-state index contributed by atoms with van der Waals surface area (Å²) in [7, 11) is 0. The fraction of sp³-hybridized carbons (Fsp3) is 0.643. The molecule has 3 rings (SSSR count). The van der Waals surface area contributed by atoms with E-state index in [2.05, 4.69) is 30.6 Å². The van der Waals surface area contributed by atoms with Crippen LogP contribution in [0.2, 0.25) is 0 Å². The minimum Gasteiger partial charge on any atom is -0.387 e. The number of aliphatic hydroxyl groups is 1. The van der Waals surface area contributed by atoms with E-state index in [1.54, 1.807) is 4.90 Å². The molecule has 3 heterocycles. The summed E-state index contributed by atoms with van der Waals surface area (Å²) in [5, 5.41) is 22.5. The van der Waals surface area contributed by atoms with E-state index in [9.17, 15) is 4.79 Å². The first-order chi connectivity index (χ1) is 11.7. The molecule has 2 aromatic heterocycles. The highest BCUT2D eigenvalue weighted by Crippen LogP contribution is 2.24. The van der Waals surface area contributed by atoms with E-state index in [1.807, 2.05) is 6.92 Å². The van der Waals surface area contributed by atoms with Crippen molar-refractivity contribution in [2.45, 2.75) is 38.7 Å². The number of nitrogens with zero attached hydrogens (tertiary/aromatic N) is 5. The van der Waals surface area contributed by atoms with E-state index in [0.29, 0.717) is 25.3 Å². The third-order valence-corrected chi connectivity index (χ3v) is 3.96. The standard InChI is InChI=1S/C14H21N7O3/c1-9-16-13(19-18-9)10-3-2-6-21(7-10)14(23)15-5-4-11-17-12(8-22)24-20-11/h10,22H,2-8H2,1H3,(H,15,23)(H,16,18,19)/t10-/m0/s1. The van der Waals surface area contributed by atoms with Crippen molar-refractivity contribution in [2.24, 2.45) is 0 Å². The Kier molecular flexibility index (Phi) is 5.04. The molecule has 0 radical (unpaired) electrons. The zero-order valence-electron chi connectivity index (χ0n) is 13.5. The zero-order chi connectivity index (χ0) is 16.9. The second-order valence-electron chi connectivity index (χ2n) is 5.81. The maximum atomic E-state index is 12.3. The highest BCUT2D eigenvalue weighted by atomic mass is 16.5. The van der Waals surface area contributed by atoms with Crippen LogP contribution in [-0.2, 0) is 13.0 Å². The number of carbonyl (C=O) groups excluding carboxylic acids is 1. The first-order valence-electron chi connectivity index (χ1n) is 7.99. The van der Waals surface area contributed by atoms with Gasteiger partial charge < -0.3 is 19.8 Å². The van der Waals surface area contributed by atoms with E-state index in [4.69, 9.17) is 9.63 Å². The van der Waals surface area contributed by atoms with Gasteiger partial charge in [0.05, 0.1) is 0 Å². The Morgan fingerprint density at radius 2 is 2.38 bits per heavy atom. The molecule has 2 amide bonds. The lowest BCUT2D eigenvalue weighted by Gasteiger charge is -2.31. The molecule has 3 N–H and O–H groups in total. The summed E-state index contributed by atoms with van der Waals surface area (Å²) in [5.74, 6) is 2.37. The molecule has 0 bridgehead atoms. The highest BCUT2D eigenvalue weighted by molar-refractivity contribution is 5.74. The van der Waals surface area contributed by atoms with E-state index in [1.165, 1.54) is 0 Å². The average molecular weight is 335 g/mol. The lowest BCUT2D eigenvalue weighted by molar-refractivity contribution is 0.178. The number of urea groups is 1. The van der Waals surface area contributed by atoms with Crippen LogP contribution in [0.25, 0.3) is 0 Å². The van der Waals surface area contributed by atoms with Gasteiger partial charge in [0.1, 0.15) is 12.4 Å². The maximum Gasteiger partial charge on any atom is 0.317 e. The number of aromatic amines is 1. The minimum atomic E-state index is -0.283. The average Bonchev–Trinajstić information content (AvgIpc) is 3.24. The van der Waals surface area contributed by atoms with Gasteiger partial charge in [-0.25, -0.2) is 9.78 Å². The zero-order valence-corrected chi connectivity index (χ0v) is 13.5. The van der Waals surface area contributed by atoms with E-state index in [-0.39, 0.29) is 24.4 Å². The maximum absolute atomic E-state index is 12.3. The van der Waals surface area contributed by atoms with Crippen LogP contribution in [0, 0.1) is 6.92 Å². The number of aromatic nitrogens is 5. The van der Waals surface area contributed by atoms with Crippen molar-refractivity contribution in [1.82, 2.24) is 35.5 Å². The van der Waals surface area contributed by atoms with Crippen molar-refractivity contribution in [3.63, 3.8) is 0 Å². The number of amides is 2. The topological polar surface area (TPSA) is 133 Å². The predicted octanol–water partition coefficient (Wildman–Crippen LogP) is 0.120. The normalized spacial score (nSPS) is 17.9. The third kappa shape index (κ3) is 3.88. The number of hydrogen-bond donors (Lipinski definition) is 3. The molecular formula is C14H21N7O3. The SMILES string of the molecule is Cc1nc([C@H]2CCCN(C(=O)NCCc3noc(CO)n3)C2)n[nH]1. The van der Waals surface area contributed by atoms with E-state index >= 15 is 0 Å². The number of aryl methyl sites for hydroxylation is 1. The van der Waals surface area contributed by atoms with Crippen LogP contribution in [0.15, 0.2) is 4.52 Å². The molecule has 1 atom stereocenters. The molecule has 1 saturated heterocycles. The van der Waals surface area contributed by atoms with Crippen LogP contribution < -0.4 is 5.32 Å². The van der Waals surface area contributed by atoms with Crippen LogP contribution in [0.3, 0.4) is 0 Å².